The number of carbonyl (C=O) groups excluding carboxylic acids is 1. The molecule has 1 saturated heterocycles. The summed E-state index contributed by atoms with van der Waals surface area (Å²) in [6.45, 7) is 3.95. The molecule has 0 radical (unpaired) electrons. The lowest BCUT2D eigenvalue weighted by Gasteiger charge is -2.27. The van der Waals surface area contributed by atoms with Crippen molar-refractivity contribution >= 4 is 34.0 Å². The molecule has 0 spiro atoms. The number of nitrogens with zero attached hydrogens (tertiary/aromatic N) is 1. The van der Waals surface area contributed by atoms with Crippen LogP contribution in [0.5, 0.6) is 0 Å². The summed E-state index contributed by atoms with van der Waals surface area (Å²) in [6.07, 6.45) is 2.30. The molecule has 1 unspecified atom stereocenters. The third kappa shape index (κ3) is 5.18. The number of sulfonamides is 1. The fraction of sp³-hybridized carbons (Fsp3) is 0.423. The van der Waals surface area contributed by atoms with Crippen LogP contribution < -0.4 is 5.73 Å². The molecule has 2 fully saturated rings. The highest BCUT2D eigenvalue weighted by molar-refractivity contribution is 7.89. The van der Waals surface area contributed by atoms with Gasteiger partial charge < -0.3 is 19.8 Å². The number of hydrogen-bond acceptors (Lipinski definition) is 6. The van der Waals surface area contributed by atoms with Gasteiger partial charge >= 0.3 is 7.12 Å². The molecule has 2 aromatic carbocycles. The van der Waals surface area contributed by atoms with Gasteiger partial charge in [-0.15, -0.1) is 0 Å². The summed E-state index contributed by atoms with van der Waals surface area (Å²) in [7, 11) is -4.51. The molecule has 1 aromatic heterocycles. The minimum atomic E-state index is -3.63. The van der Waals surface area contributed by atoms with Gasteiger partial charge in [-0.1, -0.05) is 0 Å². The number of halogens is 1. The number of primary amides is 1. The second kappa shape index (κ2) is 9.87. The molecule has 2 aliphatic rings. The van der Waals surface area contributed by atoms with Gasteiger partial charge in [0.25, 0.3) is 5.91 Å². The number of carbonyl (C=O) groups is 1. The Bertz CT molecular complexity index is 1440. The average molecular weight is 528 g/mol. The number of benzene rings is 2. The smallest absolute Gasteiger partial charge is 0.454 e. The average Bonchev–Trinajstić information content (AvgIpc) is 3.50. The van der Waals surface area contributed by atoms with Crippen LogP contribution in [0.15, 0.2) is 40.8 Å². The lowest BCUT2D eigenvalue weighted by Crippen LogP contribution is -2.39. The minimum Gasteiger partial charge on any atom is -0.455 e. The molecule has 2 heterocycles. The largest absolute Gasteiger partial charge is 0.455 e. The van der Waals surface area contributed by atoms with Gasteiger partial charge in [0, 0.05) is 30.6 Å². The summed E-state index contributed by atoms with van der Waals surface area (Å²) in [4.78, 5) is 12.5. The maximum Gasteiger partial charge on any atom is 0.454 e. The van der Waals surface area contributed by atoms with Gasteiger partial charge in [-0.3, -0.25) is 4.79 Å². The van der Waals surface area contributed by atoms with Crippen LogP contribution in [0, 0.1) is 11.7 Å². The second-order valence-corrected chi connectivity index (χ2v) is 12.8. The fourth-order valence-corrected chi connectivity index (χ4v) is 6.33. The molecule has 8 nitrogen and oxygen atoms in total. The zero-order valence-electron chi connectivity index (χ0n) is 20.8. The summed E-state index contributed by atoms with van der Waals surface area (Å²) in [5.74, 6) is -0.678. The normalized spacial score (nSPS) is 18.4. The Morgan fingerprint density at radius 1 is 1.24 bits per heavy atom. The first-order valence-corrected chi connectivity index (χ1v) is 14.0. The SMILES string of the molecule is CC(C)S(=O)(=O)N(Cc1cc2oc(-c3ccc(F)cc3)c(C(N)=O)c2cc1C1CC1)CC1COB(O)C1. The van der Waals surface area contributed by atoms with E-state index in [9.17, 15) is 22.6 Å². The number of hydrogen-bond donors (Lipinski definition) is 2. The van der Waals surface area contributed by atoms with Crippen LogP contribution in [0.2, 0.25) is 6.32 Å². The van der Waals surface area contributed by atoms with E-state index in [0.29, 0.717) is 29.5 Å². The van der Waals surface area contributed by atoms with E-state index in [1.807, 2.05) is 6.07 Å². The zero-order valence-corrected chi connectivity index (χ0v) is 21.6. The maximum absolute atomic E-state index is 13.5. The number of rotatable bonds is 9. The van der Waals surface area contributed by atoms with E-state index in [1.165, 1.54) is 28.6 Å². The van der Waals surface area contributed by atoms with Crippen molar-refractivity contribution in [1.82, 2.24) is 4.31 Å². The minimum absolute atomic E-state index is 0.119. The van der Waals surface area contributed by atoms with Crippen molar-refractivity contribution in [3.05, 3.63) is 58.9 Å². The van der Waals surface area contributed by atoms with E-state index in [-0.39, 0.29) is 36.2 Å². The lowest BCUT2D eigenvalue weighted by molar-refractivity contribution is 0.100. The summed E-state index contributed by atoms with van der Waals surface area (Å²) < 4.78 is 53.0. The van der Waals surface area contributed by atoms with Crippen LogP contribution in [0.3, 0.4) is 0 Å². The van der Waals surface area contributed by atoms with Crippen molar-refractivity contribution < 1.29 is 31.7 Å². The first kappa shape index (κ1) is 25.9. The van der Waals surface area contributed by atoms with Crippen molar-refractivity contribution in [2.45, 2.75) is 50.7 Å². The quantitative estimate of drug-likeness (QED) is 0.407. The zero-order chi connectivity index (χ0) is 26.5. The molecule has 3 aromatic rings. The molecule has 196 valence electrons. The van der Waals surface area contributed by atoms with E-state index in [2.05, 4.69) is 0 Å². The second-order valence-electron chi connectivity index (χ2n) is 10.3. The number of nitrogens with two attached hydrogens (primary N) is 1. The first-order chi connectivity index (χ1) is 17.5. The van der Waals surface area contributed by atoms with Gasteiger partial charge in [-0.25, -0.2) is 12.8 Å². The van der Waals surface area contributed by atoms with E-state index in [4.69, 9.17) is 14.8 Å². The highest BCUT2D eigenvalue weighted by Crippen LogP contribution is 2.45. The molecule has 11 heteroatoms. The van der Waals surface area contributed by atoms with Crippen LogP contribution >= 0.6 is 0 Å². The molecular weight excluding hydrogens is 498 g/mol. The topological polar surface area (TPSA) is 123 Å². The molecule has 1 aliphatic carbocycles. The highest BCUT2D eigenvalue weighted by atomic mass is 32.2. The molecule has 37 heavy (non-hydrogen) atoms. The van der Waals surface area contributed by atoms with Crippen molar-refractivity contribution in [1.29, 1.82) is 0 Å². The third-order valence-electron chi connectivity index (χ3n) is 7.14. The number of amides is 1. The van der Waals surface area contributed by atoms with Crippen molar-refractivity contribution in [2.24, 2.45) is 11.7 Å². The van der Waals surface area contributed by atoms with Crippen LogP contribution in [-0.4, -0.2) is 49.2 Å². The molecule has 0 bridgehead atoms. The lowest BCUT2D eigenvalue weighted by atomic mass is 9.82. The van der Waals surface area contributed by atoms with Crippen LogP contribution in [0.4, 0.5) is 4.39 Å². The molecule has 1 saturated carbocycles. The number of fused-ring (bicyclic) bond motifs is 1. The Hall–Kier alpha value is -2.73. The Labute approximate surface area is 215 Å². The Balaban J connectivity index is 1.59. The predicted molar refractivity (Wildman–Crippen MR) is 139 cm³/mol. The molecule has 1 aliphatic heterocycles. The Kier molecular flexibility index (Phi) is 6.91. The standard InChI is InChI=1S/C26H30BFN2O6S/c1-15(2)37(33,34)30(12-16-11-27(32)35-14-16)13-19-9-23-22(10-21(19)17-3-4-17)24(26(29)31)25(36-23)18-5-7-20(28)8-6-18/h5-10,15-17,32H,3-4,11-14H2,1-2H3,(H2,29,31). The van der Waals surface area contributed by atoms with Gasteiger partial charge in [0.2, 0.25) is 10.0 Å². The van der Waals surface area contributed by atoms with E-state index in [1.54, 1.807) is 19.9 Å². The van der Waals surface area contributed by atoms with Crippen molar-refractivity contribution in [3.63, 3.8) is 0 Å². The van der Waals surface area contributed by atoms with Crippen molar-refractivity contribution in [3.8, 4) is 11.3 Å². The summed E-state index contributed by atoms with van der Waals surface area (Å²) in [6, 6.07) is 9.31. The van der Waals surface area contributed by atoms with Crippen LogP contribution in [0.25, 0.3) is 22.3 Å². The van der Waals surface area contributed by atoms with Crippen molar-refractivity contribution in [2.75, 3.05) is 13.2 Å². The maximum atomic E-state index is 13.5. The third-order valence-corrected chi connectivity index (χ3v) is 9.33. The molecular formula is C26H30BFN2O6S. The Morgan fingerprint density at radius 3 is 2.51 bits per heavy atom. The van der Waals surface area contributed by atoms with E-state index < -0.39 is 34.1 Å². The van der Waals surface area contributed by atoms with E-state index >= 15 is 0 Å². The number of furan rings is 1. The molecule has 3 N–H and O–H groups in total. The summed E-state index contributed by atoms with van der Waals surface area (Å²) in [5.41, 5.74) is 8.67. The fourth-order valence-electron chi connectivity index (χ4n) is 4.99. The summed E-state index contributed by atoms with van der Waals surface area (Å²) >= 11 is 0. The van der Waals surface area contributed by atoms with Gasteiger partial charge in [0.1, 0.15) is 17.2 Å². The Morgan fingerprint density at radius 2 is 1.95 bits per heavy atom. The molecule has 5 rings (SSSR count). The molecule has 1 amide bonds. The van der Waals surface area contributed by atoms with Gasteiger partial charge in [-0.05, 0) is 92.4 Å². The van der Waals surface area contributed by atoms with Gasteiger partial charge in [-0.2, -0.15) is 4.31 Å². The van der Waals surface area contributed by atoms with E-state index in [0.717, 1.165) is 24.0 Å². The molecule has 1 atom stereocenters. The predicted octanol–water partition coefficient (Wildman–Crippen LogP) is 3.88. The highest BCUT2D eigenvalue weighted by Gasteiger charge is 2.36. The van der Waals surface area contributed by atoms with Crippen LogP contribution in [0.1, 0.15) is 54.1 Å². The first-order valence-electron chi connectivity index (χ1n) is 12.5. The van der Waals surface area contributed by atoms with Gasteiger partial charge in [0.05, 0.1) is 10.8 Å². The van der Waals surface area contributed by atoms with Gasteiger partial charge in [0.15, 0.2) is 0 Å². The summed E-state index contributed by atoms with van der Waals surface area (Å²) in [5, 5.41) is 9.72. The van der Waals surface area contributed by atoms with Crippen LogP contribution in [-0.2, 0) is 21.2 Å². The monoisotopic (exact) mass is 528 g/mol.